The van der Waals surface area contributed by atoms with Crippen molar-refractivity contribution < 1.29 is 9.21 Å². The number of aryl methyl sites for hydroxylation is 1. The fraction of sp³-hybridized carbons (Fsp3) is 0.357. The molecular formula is C14H19N3O3. The molecule has 0 bridgehead atoms. The molecule has 0 aromatic carbocycles. The molecule has 0 spiro atoms. The topological polar surface area (TPSA) is 88.0 Å². The fourth-order valence-corrected chi connectivity index (χ4v) is 1.63. The van der Waals surface area contributed by atoms with E-state index in [-0.39, 0.29) is 17.9 Å². The van der Waals surface area contributed by atoms with E-state index in [1.165, 1.54) is 25.5 Å². The maximum Gasteiger partial charge on any atom is 0.243 e. The lowest BCUT2D eigenvalue weighted by molar-refractivity contribution is -0.119. The van der Waals surface area contributed by atoms with E-state index in [0.29, 0.717) is 22.8 Å². The number of carbonyl (C=O) groups excluding carboxylic acids is 1. The third kappa shape index (κ3) is 3.81. The van der Waals surface area contributed by atoms with Crippen LogP contribution >= 0.6 is 0 Å². The number of aromatic nitrogens is 2. The van der Waals surface area contributed by atoms with Crippen molar-refractivity contribution in [2.45, 2.75) is 34.2 Å². The smallest absolute Gasteiger partial charge is 0.243 e. The van der Waals surface area contributed by atoms with Gasteiger partial charge < -0.3 is 14.7 Å². The Morgan fingerprint density at radius 3 is 2.70 bits per heavy atom. The highest BCUT2D eigenvalue weighted by atomic mass is 16.3. The molecule has 0 saturated carbocycles. The van der Waals surface area contributed by atoms with E-state index in [1.54, 1.807) is 6.92 Å². The SMILES string of the molecule is CC.CC(=O)NCc1c(-c2ncco2)[nH]c(C)cc1=O. The number of amides is 1. The lowest BCUT2D eigenvalue weighted by atomic mass is 10.1. The van der Waals surface area contributed by atoms with Crippen LogP contribution in [0.4, 0.5) is 0 Å². The number of nitrogens with one attached hydrogen (secondary N) is 2. The van der Waals surface area contributed by atoms with Crippen molar-refractivity contribution in [1.29, 1.82) is 0 Å². The van der Waals surface area contributed by atoms with Crippen LogP contribution in [-0.4, -0.2) is 15.9 Å². The first-order valence-electron chi connectivity index (χ1n) is 6.45. The first-order valence-corrected chi connectivity index (χ1v) is 6.45. The van der Waals surface area contributed by atoms with Crippen molar-refractivity contribution >= 4 is 5.91 Å². The van der Waals surface area contributed by atoms with E-state index in [1.807, 2.05) is 13.8 Å². The van der Waals surface area contributed by atoms with Gasteiger partial charge in [0.15, 0.2) is 5.43 Å². The van der Waals surface area contributed by atoms with E-state index >= 15 is 0 Å². The molecule has 2 rings (SSSR count). The van der Waals surface area contributed by atoms with Gasteiger partial charge in [0.2, 0.25) is 11.8 Å². The van der Waals surface area contributed by atoms with Gasteiger partial charge in [-0.15, -0.1) is 0 Å². The van der Waals surface area contributed by atoms with Crippen LogP contribution in [0.25, 0.3) is 11.6 Å². The summed E-state index contributed by atoms with van der Waals surface area (Å²) in [6.07, 6.45) is 2.93. The Balaban J connectivity index is 0.000000956. The van der Waals surface area contributed by atoms with Crippen LogP contribution in [0.3, 0.4) is 0 Å². The fourth-order valence-electron chi connectivity index (χ4n) is 1.63. The van der Waals surface area contributed by atoms with Crippen LogP contribution < -0.4 is 10.7 Å². The predicted molar refractivity (Wildman–Crippen MR) is 76.2 cm³/mol. The molecule has 0 aliphatic heterocycles. The van der Waals surface area contributed by atoms with Gasteiger partial charge in [0, 0.05) is 30.8 Å². The Morgan fingerprint density at radius 2 is 2.15 bits per heavy atom. The van der Waals surface area contributed by atoms with Crippen molar-refractivity contribution in [3.8, 4) is 11.6 Å². The summed E-state index contributed by atoms with van der Waals surface area (Å²) in [6, 6.07) is 1.48. The van der Waals surface area contributed by atoms with Gasteiger partial charge in [0.05, 0.1) is 6.20 Å². The molecular weight excluding hydrogens is 258 g/mol. The highest BCUT2D eigenvalue weighted by molar-refractivity contribution is 5.73. The molecule has 0 unspecified atom stereocenters. The molecule has 2 N–H and O–H groups in total. The zero-order valence-electron chi connectivity index (χ0n) is 12.1. The summed E-state index contributed by atoms with van der Waals surface area (Å²) in [4.78, 5) is 29.9. The summed E-state index contributed by atoms with van der Waals surface area (Å²) in [5.74, 6) is 0.129. The Labute approximate surface area is 117 Å². The minimum absolute atomic E-state index is 0.142. The molecule has 0 atom stereocenters. The van der Waals surface area contributed by atoms with Gasteiger partial charge >= 0.3 is 0 Å². The van der Waals surface area contributed by atoms with Crippen LogP contribution in [0.5, 0.6) is 0 Å². The van der Waals surface area contributed by atoms with E-state index < -0.39 is 0 Å². The largest absolute Gasteiger partial charge is 0.443 e. The summed E-state index contributed by atoms with van der Waals surface area (Å²) in [6.45, 7) is 7.31. The van der Waals surface area contributed by atoms with Crippen molar-refractivity contribution in [3.05, 3.63) is 40.0 Å². The molecule has 2 aromatic rings. The highest BCUT2D eigenvalue weighted by Gasteiger charge is 2.14. The van der Waals surface area contributed by atoms with Gasteiger partial charge in [-0.2, -0.15) is 0 Å². The molecule has 108 valence electrons. The summed E-state index contributed by atoms with van der Waals surface area (Å²) >= 11 is 0. The number of carbonyl (C=O) groups is 1. The Kier molecular flexibility index (Phi) is 5.71. The van der Waals surface area contributed by atoms with Gasteiger partial charge in [0.1, 0.15) is 12.0 Å². The van der Waals surface area contributed by atoms with Crippen molar-refractivity contribution in [2.24, 2.45) is 0 Å². The molecule has 0 aliphatic rings. The number of hydrogen-bond acceptors (Lipinski definition) is 4. The minimum atomic E-state index is -0.201. The summed E-state index contributed by atoms with van der Waals surface area (Å²) in [5, 5.41) is 2.60. The number of oxazole rings is 1. The first kappa shape index (κ1) is 15.7. The molecule has 0 fully saturated rings. The number of pyridine rings is 1. The number of aromatic amines is 1. The molecule has 2 aromatic heterocycles. The zero-order valence-corrected chi connectivity index (χ0v) is 12.1. The lowest BCUT2D eigenvalue weighted by Crippen LogP contribution is -2.24. The number of H-pyrrole nitrogens is 1. The standard InChI is InChI=1S/C12H13N3O3.C2H6/c1-7-5-10(17)9(6-14-8(2)16)11(15-7)12-13-3-4-18-12;1-2/h3-5H,6H2,1-2H3,(H,14,16)(H,15,17);1-2H3. The van der Waals surface area contributed by atoms with Crippen LogP contribution in [0.15, 0.2) is 27.7 Å². The first-order chi connectivity index (χ1) is 9.58. The quantitative estimate of drug-likeness (QED) is 0.898. The second-order valence-electron chi connectivity index (χ2n) is 3.92. The maximum absolute atomic E-state index is 11.9. The molecule has 6 nitrogen and oxygen atoms in total. The molecule has 0 radical (unpaired) electrons. The van der Waals surface area contributed by atoms with E-state index in [9.17, 15) is 9.59 Å². The van der Waals surface area contributed by atoms with Crippen LogP contribution in [0.1, 0.15) is 32.0 Å². The monoisotopic (exact) mass is 277 g/mol. The summed E-state index contributed by atoms with van der Waals surface area (Å²) in [7, 11) is 0. The molecule has 1 amide bonds. The second-order valence-corrected chi connectivity index (χ2v) is 3.92. The third-order valence-corrected chi connectivity index (χ3v) is 2.43. The van der Waals surface area contributed by atoms with Crippen LogP contribution in [-0.2, 0) is 11.3 Å². The third-order valence-electron chi connectivity index (χ3n) is 2.43. The second kappa shape index (κ2) is 7.28. The Hall–Kier alpha value is -2.37. The highest BCUT2D eigenvalue weighted by Crippen LogP contribution is 2.17. The van der Waals surface area contributed by atoms with Crippen molar-refractivity contribution in [2.75, 3.05) is 0 Å². The molecule has 2 heterocycles. The number of nitrogens with zero attached hydrogens (tertiary/aromatic N) is 1. The summed E-state index contributed by atoms with van der Waals surface area (Å²) < 4.78 is 5.18. The van der Waals surface area contributed by atoms with E-state index in [2.05, 4.69) is 15.3 Å². The molecule has 6 heteroatoms. The van der Waals surface area contributed by atoms with Gasteiger partial charge in [-0.1, -0.05) is 13.8 Å². The Morgan fingerprint density at radius 1 is 1.45 bits per heavy atom. The maximum atomic E-state index is 11.9. The normalized spacial score (nSPS) is 9.60. The lowest BCUT2D eigenvalue weighted by Gasteiger charge is -2.07. The Bertz CT molecular complexity index is 615. The van der Waals surface area contributed by atoms with Gasteiger partial charge in [-0.25, -0.2) is 4.98 Å². The molecule has 0 aliphatic carbocycles. The van der Waals surface area contributed by atoms with Gasteiger partial charge in [0.25, 0.3) is 0 Å². The average molecular weight is 277 g/mol. The zero-order chi connectivity index (χ0) is 15.1. The van der Waals surface area contributed by atoms with Gasteiger partial charge in [-0.3, -0.25) is 9.59 Å². The van der Waals surface area contributed by atoms with Gasteiger partial charge in [-0.05, 0) is 6.92 Å². The predicted octanol–water partition coefficient (Wildman–Crippen LogP) is 2.00. The summed E-state index contributed by atoms with van der Waals surface area (Å²) in [5.41, 5.74) is 1.48. The van der Waals surface area contributed by atoms with Crippen LogP contribution in [0.2, 0.25) is 0 Å². The number of rotatable bonds is 3. The molecule has 20 heavy (non-hydrogen) atoms. The molecule has 0 saturated heterocycles. The van der Waals surface area contributed by atoms with Crippen molar-refractivity contribution in [1.82, 2.24) is 15.3 Å². The average Bonchev–Trinajstić information content (AvgIpc) is 2.92. The minimum Gasteiger partial charge on any atom is -0.443 e. The van der Waals surface area contributed by atoms with E-state index in [0.717, 1.165) is 0 Å². The number of hydrogen-bond donors (Lipinski definition) is 2. The van der Waals surface area contributed by atoms with E-state index in [4.69, 9.17) is 4.42 Å². The van der Waals surface area contributed by atoms with Crippen molar-refractivity contribution in [3.63, 3.8) is 0 Å². The van der Waals surface area contributed by atoms with Crippen LogP contribution in [0, 0.1) is 6.92 Å².